The molecule has 0 heterocycles. The molecule has 2 aromatic rings. The minimum atomic E-state index is -3.76. The summed E-state index contributed by atoms with van der Waals surface area (Å²) in [6.07, 6.45) is 2.42. The first-order valence-electron chi connectivity index (χ1n) is 10.0. The van der Waals surface area contributed by atoms with Crippen LogP contribution in [-0.2, 0) is 10.0 Å². The Balaban J connectivity index is 1.74. The zero-order valence-electron chi connectivity index (χ0n) is 17.2. The average Bonchev–Trinajstić information content (AvgIpc) is 3.58. The van der Waals surface area contributed by atoms with Gasteiger partial charge in [0.15, 0.2) is 0 Å². The Morgan fingerprint density at radius 3 is 2.45 bits per heavy atom. The minimum absolute atomic E-state index is 0.110. The van der Waals surface area contributed by atoms with Gasteiger partial charge in [0.05, 0.1) is 10.6 Å². The quantitative estimate of drug-likeness (QED) is 0.683. The number of amides is 1. The van der Waals surface area contributed by atoms with E-state index in [-0.39, 0.29) is 16.8 Å². The Kier molecular flexibility index (Phi) is 6.59. The van der Waals surface area contributed by atoms with Crippen molar-refractivity contribution in [3.05, 3.63) is 60.2 Å². The van der Waals surface area contributed by atoms with Gasteiger partial charge in [0.25, 0.3) is 15.9 Å². The Morgan fingerprint density at radius 1 is 1.14 bits per heavy atom. The molecule has 6 nitrogen and oxygen atoms in total. The number of carbonyl (C=O) groups is 1. The van der Waals surface area contributed by atoms with Gasteiger partial charge in [0, 0.05) is 30.7 Å². The molecular weight excluding hydrogens is 386 g/mol. The summed E-state index contributed by atoms with van der Waals surface area (Å²) in [6.45, 7) is 4.69. The fourth-order valence-corrected chi connectivity index (χ4v) is 4.86. The lowest BCUT2D eigenvalue weighted by atomic mass is 10.2. The van der Waals surface area contributed by atoms with Crippen LogP contribution in [0, 0.1) is 0 Å². The molecule has 1 aliphatic rings. The zero-order valence-corrected chi connectivity index (χ0v) is 18.0. The van der Waals surface area contributed by atoms with Crippen LogP contribution in [0.25, 0.3) is 0 Å². The van der Waals surface area contributed by atoms with E-state index < -0.39 is 10.0 Å². The summed E-state index contributed by atoms with van der Waals surface area (Å²) in [6, 6.07) is 16.0. The highest BCUT2D eigenvalue weighted by atomic mass is 32.2. The normalized spacial score (nSPS) is 15.2. The molecule has 1 unspecified atom stereocenters. The molecule has 0 saturated heterocycles. The molecule has 7 heteroatoms. The molecule has 1 N–H and O–H groups in total. The van der Waals surface area contributed by atoms with E-state index in [0.717, 1.165) is 0 Å². The highest BCUT2D eigenvalue weighted by Gasteiger charge is 2.29. The Hall–Kier alpha value is -2.38. The first-order valence-corrected chi connectivity index (χ1v) is 11.5. The summed E-state index contributed by atoms with van der Waals surface area (Å²) < 4.78 is 27.7. The number of sulfonamides is 1. The van der Waals surface area contributed by atoms with Gasteiger partial charge < -0.3 is 5.32 Å². The van der Waals surface area contributed by atoms with Gasteiger partial charge in [-0.2, -0.15) is 0 Å². The third-order valence-corrected chi connectivity index (χ3v) is 7.29. The number of hydrogen-bond acceptors (Lipinski definition) is 4. The summed E-state index contributed by atoms with van der Waals surface area (Å²) in [7, 11) is -1.69. The lowest BCUT2D eigenvalue weighted by Crippen LogP contribution is -2.41. The summed E-state index contributed by atoms with van der Waals surface area (Å²) in [5.74, 6) is -0.263. The summed E-state index contributed by atoms with van der Waals surface area (Å²) in [4.78, 5) is 15.0. The lowest BCUT2D eigenvalue weighted by molar-refractivity contribution is 0.0939. The second kappa shape index (κ2) is 8.97. The zero-order chi connectivity index (χ0) is 21.0. The maximum absolute atomic E-state index is 13.2. The summed E-state index contributed by atoms with van der Waals surface area (Å²) in [5, 5.41) is 2.93. The fraction of sp³-hybridized carbons (Fsp3) is 0.409. The van der Waals surface area contributed by atoms with Crippen molar-refractivity contribution in [1.29, 1.82) is 0 Å². The van der Waals surface area contributed by atoms with E-state index in [9.17, 15) is 13.2 Å². The van der Waals surface area contributed by atoms with Crippen LogP contribution in [0.1, 0.15) is 37.0 Å². The number of carbonyl (C=O) groups excluding carboxylic acids is 1. The van der Waals surface area contributed by atoms with Crippen LogP contribution >= 0.6 is 0 Å². The molecule has 0 bridgehead atoms. The molecule has 2 aromatic carbocycles. The van der Waals surface area contributed by atoms with Crippen molar-refractivity contribution < 1.29 is 13.2 Å². The molecule has 1 aliphatic carbocycles. The number of para-hydroxylation sites is 1. The molecule has 1 saturated carbocycles. The molecule has 0 aliphatic heterocycles. The first kappa shape index (κ1) is 21.3. The van der Waals surface area contributed by atoms with Gasteiger partial charge in [-0.05, 0) is 64.1 Å². The van der Waals surface area contributed by atoms with Gasteiger partial charge in [0.1, 0.15) is 0 Å². The Labute approximate surface area is 173 Å². The number of nitrogens with one attached hydrogen (secondary N) is 1. The van der Waals surface area contributed by atoms with Crippen LogP contribution in [0.3, 0.4) is 0 Å². The maximum Gasteiger partial charge on any atom is 0.264 e. The molecule has 0 spiro atoms. The van der Waals surface area contributed by atoms with Crippen molar-refractivity contribution in [2.75, 3.05) is 24.4 Å². The molecule has 1 fully saturated rings. The van der Waals surface area contributed by atoms with Crippen LogP contribution in [0.15, 0.2) is 59.5 Å². The Bertz CT molecular complexity index is 943. The molecule has 29 heavy (non-hydrogen) atoms. The Morgan fingerprint density at radius 2 is 1.83 bits per heavy atom. The van der Waals surface area contributed by atoms with Crippen molar-refractivity contribution in [2.45, 2.75) is 43.7 Å². The molecule has 1 amide bonds. The van der Waals surface area contributed by atoms with Crippen molar-refractivity contribution >= 4 is 21.6 Å². The van der Waals surface area contributed by atoms with E-state index in [1.165, 1.54) is 29.3 Å². The number of likely N-dealkylation sites (N-methyl/N-ethyl adjacent to an activating group) is 1. The second-order valence-corrected chi connectivity index (χ2v) is 9.35. The number of rotatable bonds is 9. The van der Waals surface area contributed by atoms with Crippen molar-refractivity contribution in [1.82, 2.24) is 10.2 Å². The van der Waals surface area contributed by atoms with E-state index >= 15 is 0 Å². The topological polar surface area (TPSA) is 69.7 Å². The van der Waals surface area contributed by atoms with Crippen molar-refractivity contribution in [2.24, 2.45) is 0 Å². The molecule has 0 aromatic heterocycles. The number of hydrogen-bond donors (Lipinski definition) is 1. The van der Waals surface area contributed by atoms with Crippen molar-refractivity contribution in [3.63, 3.8) is 0 Å². The maximum atomic E-state index is 13.2. The van der Waals surface area contributed by atoms with Crippen LogP contribution in [0.2, 0.25) is 0 Å². The van der Waals surface area contributed by atoms with Gasteiger partial charge in [-0.15, -0.1) is 0 Å². The van der Waals surface area contributed by atoms with Crippen LogP contribution < -0.4 is 9.62 Å². The molecule has 156 valence electrons. The number of benzene rings is 2. The van der Waals surface area contributed by atoms with Gasteiger partial charge >= 0.3 is 0 Å². The number of anilines is 1. The van der Waals surface area contributed by atoms with Crippen LogP contribution in [-0.4, -0.2) is 51.4 Å². The first-order chi connectivity index (χ1) is 13.8. The minimum Gasteiger partial charge on any atom is -0.350 e. The molecule has 3 rings (SSSR count). The molecule has 1 atom stereocenters. The van der Waals surface area contributed by atoms with Gasteiger partial charge in [-0.1, -0.05) is 24.3 Å². The van der Waals surface area contributed by atoms with Gasteiger partial charge in [-0.3, -0.25) is 14.0 Å². The van der Waals surface area contributed by atoms with E-state index in [2.05, 4.69) is 24.2 Å². The summed E-state index contributed by atoms with van der Waals surface area (Å²) >= 11 is 0. The third kappa shape index (κ3) is 4.97. The standard InChI is InChI=1S/C22H29N3O3S/c1-4-25(20-10-6-5-7-11-20)29(27,28)21-12-8-9-18(15-21)22(26)23-16-17(2)24(3)19-13-14-19/h5-12,15,17,19H,4,13-14,16H2,1-3H3,(H,23,26). The van der Waals surface area contributed by atoms with E-state index in [4.69, 9.17) is 0 Å². The monoisotopic (exact) mass is 415 g/mol. The molecule has 0 radical (unpaired) electrons. The fourth-order valence-electron chi connectivity index (χ4n) is 3.34. The lowest BCUT2D eigenvalue weighted by Gasteiger charge is -2.25. The predicted molar refractivity (Wildman–Crippen MR) is 116 cm³/mol. The van der Waals surface area contributed by atoms with Crippen LogP contribution in [0.5, 0.6) is 0 Å². The number of nitrogens with zero attached hydrogens (tertiary/aromatic N) is 2. The second-order valence-electron chi connectivity index (χ2n) is 7.49. The van der Waals surface area contributed by atoms with E-state index in [0.29, 0.717) is 30.4 Å². The van der Waals surface area contributed by atoms with Gasteiger partial charge in [-0.25, -0.2) is 8.42 Å². The van der Waals surface area contributed by atoms with E-state index in [1.54, 1.807) is 43.3 Å². The SMILES string of the molecule is CCN(c1ccccc1)S(=O)(=O)c1cccc(C(=O)NCC(C)N(C)C2CC2)c1. The smallest absolute Gasteiger partial charge is 0.264 e. The average molecular weight is 416 g/mol. The van der Waals surface area contributed by atoms with Crippen LogP contribution in [0.4, 0.5) is 5.69 Å². The van der Waals surface area contributed by atoms with Crippen molar-refractivity contribution in [3.8, 4) is 0 Å². The van der Waals surface area contributed by atoms with Gasteiger partial charge in [0.2, 0.25) is 0 Å². The largest absolute Gasteiger partial charge is 0.350 e. The third-order valence-electron chi connectivity index (χ3n) is 5.39. The van der Waals surface area contributed by atoms with E-state index in [1.807, 2.05) is 6.07 Å². The molecular formula is C22H29N3O3S. The highest BCUT2D eigenvalue weighted by Crippen LogP contribution is 2.27. The summed E-state index contributed by atoms with van der Waals surface area (Å²) in [5.41, 5.74) is 0.943. The highest BCUT2D eigenvalue weighted by molar-refractivity contribution is 7.92. The predicted octanol–water partition coefficient (Wildman–Crippen LogP) is 3.11.